The Morgan fingerprint density at radius 2 is 2.04 bits per heavy atom. The molecule has 27 heavy (non-hydrogen) atoms. The van der Waals surface area contributed by atoms with Crippen LogP contribution < -0.4 is 10.2 Å². The van der Waals surface area contributed by atoms with Gasteiger partial charge in [0.1, 0.15) is 12.4 Å². The van der Waals surface area contributed by atoms with Crippen molar-refractivity contribution in [2.75, 3.05) is 23.3 Å². The molecular weight excluding hydrogens is 344 g/mol. The highest BCUT2D eigenvalue weighted by Crippen LogP contribution is 2.22. The second kappa shape index (κ2) is 7.18. The number of aromatic nitrogens is 6. The van der Waals surface area contributed by atoms with Crippen molar-refractivity contribution in [3.05, 3.63) is 36.4 Å². The van der Waals surface area contributed by atoms with E-state index in [1.807, 2.05) is 19.2 Å². The van der Waals surface area contributed by atoms with Crippen LogP contribution in [0.3, 0.4) is 0 Å². The minimum Gasteiger partial charge on any atom is -0.341 e. The van der Waals surface area contributed by atoms with Gasteiger partial charge in [0.25, 0.3) is 0 Å². The van der Waals surface area contributed by atoms with Crippen molar-refractivity contribution in [3.8, 4) is 11.3 Å². The van der Waals surface area contributed by atoms with Gasteiger partial charge >= 0.3 is 0 Å². The lowest BCUT2D eigenvalue weighted by Crippen LogP contribution is -2.21. The van der Waals surface area contributed by atoms with Gasteiger partial charge in [-0.2, -0.15) is 10.2 Å². The Morgan fingerprint density at radius 3 is 2.78 bits per heavy atom. The second-order valence-electron chi connectivity index (χ2n) is 6.70. The first kappa shape index (κ1) is 17.2. The van der Waals surface area contributed by atoms with E-state index < -0.39 is 0 Å². The molecular formula is C18H22N8O. The summed E-state index contributed by atoms with van der Waals surface area (Å²) in [5.74, 6) is 1.25. The Balaban J connectivity index is 1.49. The summed E-state index contributed by atoms with van der Waals surface area (Å²) in [6.07, 6.45) is 7.55. The maximum absolute atomic E-state index is 12.2. The molecule has 1 amide bonds. The van der Waals surface area contributed by atoms with Crippen LogP contribution in [-0.2, 0) is 18.4 Å². The summed E-state index contributed by atoms with van der Waals surface area (Å²) in [4.78, 5) is 23.7. The van der Waals surface area contributed by atoms with Crippen LogP contribution in [-0.4, -0.2) is 48.5 Å². The maximum atomic E-state index is 12.2. The first-order valence-corrected chi connectivity index (χ1v) is 9.00. The fraction of sp³-hybridized carbons (Fsp3) is 0.389. The van der Waals surface area contributed by atoms with Crippen LogP contribution in [0.25, 0.3) is 11.3 Å². The number of hydrogen-bond acceptors (Lipinski definition) is 6. The molecule has 0 radical (unpaired) electrons. The zero-order chi connectivity index (χ0) is 18.8. The molecule has 3 aromatic heterocycles. The average molecular weight is 366 g/mol. The van der Waals surface area contributed by atoms with Crippen molar-refractivity contribution >= 4 is 17.7 Å². The third-order valence-corrected chi connectivity index (χ3v) is 4.55. The van der Waals surface area contributed by atoms with Crippen LogP contribution in [0.15, 0.2) is 30.7 Å². The fourth-order valence-electron chi connectivity index (χ4n) is 3.17. The van der Waals surface area contributed by atoms with Crippen LogP contribution >= 0.6 is 0 Å². The predicted octanol–water partition coefficient (Wildman–Crippen LogP) is 1.62. The normalized spacial score (nSPS) is 13.9. The van der Waals surface area contributed by atoms with Crippen LogP contribution in [0.5, 0.6) is 0 Å². The van der Waals surface area contributed by atoms with Crippen molar-refractivity contribution in [2.45, 2.75) is 26.3 Å². The predicted molar refractivity (Wildman–Crippen MR) is 101 cm³/mol. The molecule has 0 aliphatic carbocycles. The van der Waals surface area contributed by atoms with Gasteiger partial charge in [-0.25, -0.2) is 9.97 Å². The smallest absolute Gasteiger partial charge is 0.247 e. The van der Waals surface area contributed by atoms with Crippen molar-refractivity contribution in [1.82, 2.24) is 29.5 Å². The van der Waals surface area contributed by atoms with E-state index in [0.717, 1.165) is 36.0 Å². The Bertz CT molecular complexity index is 954. The lowest BCUT2D eigenvalue weighted by Gasteiger charge is -2.16. The van der Waals surface area contributed by atoms with Crippen molar-refractivity contribution in [3.63, 3.8) is 0 Å². The van der Waals surface area contributed by atoms with E-state index in [-0.39, 0.29) is 12.5 Å². The molecule has 1 aliphatic heterocycles. The summed E-state index contributed by atoms with van der Waals surface area (Å²) in [6.45, 7) is 4.08. The molecule has 0 bridgehead atoms. The number of carbonyl (C=O) groups is 1. The number of nitrogens with zero attached hydrogens (tertiary/aromatic N) is 7. The third-order valence-electron chi connectivity index (χ3n) is 4.55. The molecule has 4 heterocycles. The topological polar surface area (TPSA) is 93.8 Å². The standard InChI is InChI=1S/C18H22N8O/c1-13-9-15(22-18(21-13)25-7-3-4-8-25)14-10-20-26(11-14)12-17(27)23-16-5-6-19-24(16)2/h5-6,9-11H,3-4,7-8,12H2,1-2H3,(H,23,27). The molecule has 0 atom stereocenters. The molecule has 140 valence electrons. The van der Waals surface area contributed by atoms with E-state index in [1.54, 1.807) is 34.9 Å². The SMILES string of the molecule is Cc1cc(-c2cnn(CC(=O)Nc3ccnn3C)c2)nc(N2CCCC2)n1. The van der Waals surface area contributed by atoms with E-state index in [0.29, 0.717) is 5.82 Å². The minimum atomic E-state index is -0.162. The molecule has 1 saturated heterocycles. The van der Waals surface area contributed by atoms with Crippen LogP contribution in [0.4, 0.5) is 11.8 Å². The van der Waals surface area contributed by atoms with Gasteiger partial charge in [0, 0.05) is 43.7 Å². The lowest BCUT2D eigenvalue weighted by atomic mass is 10.2. The van der Waals surface area contributed by atoms with Gasteiger partial charge in [-0.3, -0.25) is 14.2 Å². The Morgan fingerprint density at radius 1 is 1.22 bits per heavy atom. The summed E-state index contributed by atoms with van der Waals surface area (Å²) in [5, 5.41) is 11.1. The molecule has 4 rings (SSSR count). The molecule has 0 aromatic carbocycles. The highest BCUT2D eigenvalue weighted by Gasteiger charge is 2.17. The van der Waals surface area contributed by atoms with Crippen LogP contribution in [0, 0.1) is 6.92 Å². The van der Waals surface area contributed by atoms with Crippen LogP contribution in [0.2, 0.25) is 0 Å². The summed E-state index contributed by atoms with van der Waals surface area (Å²) < 4.78 is 3.21. The van der Waals surface area contributed by atoms with E-state index in [2.05, 4.69) is 25.4 Å². The quantitative estimate of drug-likeness (QED) is 0.737. The first-order chi connectivity index (χ1) is 13.1. The molecule has 1 aliphatic rings. The summed E-state index contributed by atoms with van der Waals surface area (Å²) in [7, 11) is 1.77. The zero-order valence-electron chi connectivity index (χ0n) is 15.5. The highest BCUT2D eigenvalue weighted by atomic mass is 16.2. The number of nitrogens with one attached hydrogen (secondary N) is 1. The number of aryl methyl sites for hydroxylation is 2. The molecule has 0 saturated carbocycles. The summed E-state index contributed by atoms with van der Waals surface area (Å²) >= 11 is 0. The Labute approximate surface area is 157 Å². The van der Waals surface area contributed by atoms with Crippen molar-refractivity contribution in [1.29, 1.82) is 0 Å². The monoisotopic (exact) mass is 366 g/mol. The lowest BCUT2D eigenvalue weighted by molar-refractivity contribution is -0.116. The molecule has 0 unspecified atom stereocenters. The average Bonchev–Trinajstić information content (AvgIpc) is 3.38. The summed E-state index contributed by atoms with van der Waals surface area (Å²) in [5.41, 5.74) is 2.61. The van der Waals surface area contributed by atoms with Crippen molar-refractivity contribution in [2.24, 2.45) is 7.05 Å². The van der Waals surface area contributed by atoms with Gasteiger partial charge in [-0.05, 0) is 25.8 Å². The number of rotatable bonds is 5. The molecule has 1 N–H and O–H groups in total. The first-order valence-electron chi connectivity index (χ1n) is 9.00. The molecule has 9 nitrogen and oxygen atoms in total. The number of hydrogen-bond donors (Lipinski definition) is 1. The fourth-order valence-corrected chi connectivity index (χ4v) is 3.17. The molecule has 0 spiro atoms. The number of amides is 1. The van der Waals surface area contributed by atoms with E-state index in [9.17, 15) is 4.79 Å². The van der Waals surface area contributed by atoms with Crippen molar-refractivity contribution < 1.29 is 4.79 Å². The second-order valence-corrected chi connectivity index (χ2v) is 6.70. The largest absolute Gasteiger partial charge is 0.341 e. The van der Waals surface area contributed by atoms with Gasteiger partial charge in [0.2, 0.25) is 11.9 Å². The Hall–Kier alpha value is -3.23. The molecule has 1 fully saturated rings. The van der Waals surface area contributed by atoms with Gasteiger partial charge < -0.3 is 10.2 Å². The van der Waals surface area contributed by atoms with E-state index >= 15 is 0 Å². The number of carbonyl (C=O) groups excluding carboxylic acids is 1. The van der Waals surface area contributed by atoms with Crippen LogP contribution in [0.1, 0.15) is 18.5 Å². The molecule has 3 aromatic rings. The van der Waals surface area contributed by atoms with E-state index in [4.69, 9.17) is 4.98 Å². The minimum absolute atomic E-state index is 0.119. The van der Waals surface area contributed by atoms with Gasteiger partial charge in [-0.1, -0.05) is 0 Å². The zero-order valence-corrected chi connectivity index (χ0v) is 15.5. The number of anilines is 2. The van der Waals surface area contributed by atoms with Gasteiger partial charge in [0.15, 0.2) is 0 Å². The van der Waals surface area contributed by atoms with E-state index in [1.165, 1.54) is 12.8 Å². The van der Waals surface area contributed by atoms with Gasteiger partial charge in [0.05, 0.1) is 18.1 Å². The Kier molecular flexibility index (Phi) is 4.57. The molecule has 9 heteroatoms. The summed E-state index contributed by atoms with van der Waals surface area (Å²) in [6, 6.07) is 3.69. The third kappa shape index (κ3) is 3.81. The highest BCUT2D eigenvalue weighted by molar-refractivity contribution is 5.89. The van der Waals surface area contributed by atoms with Gasteiger partial charge in [-0.15, -0.1) is 0 Å². The maximum Gasteiger partial charge on any atom is 0.247 e.